The number of alkyl halides is 1. The minimum atomic E-state index is -0.407. The van der Waals surface area contributed by atoms with Crippen molar-refractivity contribution in [1.29, 1.82) is 0 Å². The Hall–Kier alpha value is -1.81. The molecule has 1 N–H and O–H groups in total. The number of benzene rings is 1. The molecule has 88 valence electrons. The second kappa shape index (κ2) is 4.59. The molecule has 1 aromatic heterocycles. The molecule has 5 heteroatoms. The number of carbonyl (C=O) groups is 1. The molecule has 17 heavy (non-hydrogen) atoms. The minimum Gasteiger partial charge on any atom is -0.423 e. The molecule has 0 aliphatic rings. The van der Waals surface area contributed by atoms with Crippen LogP contribution >= 0.6 is 11.6 Å². The highest BCUT2D eigenvalue weighted by molar-refractivity contribution is 6.29. The van der Waals surface area contributed by atoms with Crippen LogP contribution in [-0.4, -0.2) is 11.8 Å². The highest BCUT2D eigenvalue weighted by atomic mass is 35.5. The molecule has 0 fully saturated rings. The molecule has 0 unspecified atom stereocenters. The van der Waals surface area contributed by atoms with Crippen molar-refractivity contribution < 1.29 is 9.21 Å². The zero-order valence-electron chi connectivity index (χ0n) is 9.12. The maximum atomic E-state index is 11.2. The van der Waals surface area contributed by atoms with Crippen LogP contribution in [0.3, 0.4) is 0 Å². The number of carbonyl (C=O) groups excluding carboxylic acids is 1. The molecule has 1 amide bonds. The van der Waals surface area contributed by atoms with Gasteiger partial charge in [0.2, 0.25) is 5.91 Å². The highest BCUT2D eigenvalue weighted by Gasteiger charge is 2.05. The van der Waals surface area contributed by atoms with Crippen molar-refractivity contribution in [1.82, 2.24) is 0 Å². The van der Waals surface area contributed by atoms with Gasteiger partial charge in [0.1, 0.15) is 11.5 Å². The fourth-order valence-corrected chi connectivity index (χ4v) is 1.66. The van der Waals surface area contributed by atoms with E-state index in [9.17, 15) is 9.59 Å². The highest BCUT2D eigenvalue weighted by Crippen LogP contribution is 2.20. The second-order valence-electron chi connectivity index (χ2n) is 3.64. The van der Waals surface area contributed by atoms with Gasteiger partial charge in [-0.3, -0.25) is 4.79 Å². The molecule has 0 aliphatic carbocycles. The van der Waals surface area contributed by atoms with Crippen LogP contribution in [0.15, 0.2) is 33.5 Å². The summed E-state index contributed by atoms with van der Waals surface area (Å²) < 4.78 is 5.06. The van der Waals surface area contributed by atoms with Crippen LogP contribution in [-0.2, 0) is 4.79 Å². The SMILES string of the molecule is Cc1cc(=O)oc2cc(NC(=O)CCl)ccc12. The zero-order valence-corrected chi connectivity index (χ0v) is 9.88. The summed E-state index contributed by atoms with van der Waals surface area (Å²) in [6.45, 7) is 1.83. The van der Waals surface area contributed by atoms with E-state index in [1.54, 1.807) is 18.2 Å². The molecule has 0 spiro atoms. The van der Waals surface area contributed by atoms with Gasteiger partial charge in [0, 0.05) is 23.2 Å². The van der Waals surface area contributed by atoms with Crippen LogP contribution in [0.5, 0.6) is 0 Å². The first kappa shape index (κ1) is 11.7. The Morgan fingerprint density at radius 1 is 1.41 bits per heavy atom. The summed E-state index contributed by atoms with van der Waals surface area (Å²) in [5, 5.41) is 3.43. The number of amides is 1. The molecule has 2 rings (SSSR count). The van der Waals surface area contributed by atoms with Gasteiger partial charge in [-0.25, -0.2) is 4.79 Å². The van der Waals surface area contributed by atoms with Crippen molar-refractivity contribution in [2.45, 2.75) is 6.92 Å². The maximum absolute atomic E-state index is 11.2. The molecule has 0 bridgehead atoms. The molecular formula is C12H10ClNO3. The van der Waals surface area contributed by atoms with Gasteiger partial charge in [-0.05, 0) is 24.6 Å². The fourth-order valence-electron chi connectivity index (χ4n) is 1.60. The second-order valence-corrected chi connectivity index (χ2v) is 3.91. The number of hydrogen-bond acceptors (Lipinski definition) is 3. The third kappa shape index (κ3) is 2.47. The molecule has 2 aromatic rings. The van der Waals surface area contributed by atoms with Crippen molar-refractivity contribution >= 4 is 34.2 Å². The average molecular weight is 252 g/mol. The van der Waals surface area contributed by atoms with Gasteiger partial charge in [0.25, 0.3) is 0 Å². The summed E-state index contributed by atoms with van der Waals surface area (Å²) in [5.41, 5.74) is 1.43. The molecule has 4 nitrogen and oxygen atoms in total. The Balaban J connectivity index is 2.50. The lowest BCUT2D eigenvalue weighted by molar-refractivity contribution is -0.113. The lowest BCUT2D eigenvalue weighted by Crippen LogP contribution is -2.12. The first-order valence-corrected chi connectivity index (χ1v) is 5.54. The van der Waals surface area contributed by atoms with Crippen LogP contribution < -0.4 is 10.9 Å². The summed E-state index contributed by atoms with van der Waals surface area (Å²) >= 11 is 5.39. The van der Waals surface area contributed by atoms with Crippen molar-refractivity contribution in [3.63, 3.8) is 0 Å². The first-order chi connectivity index (χ1) is 8.10. The summed E-state index contributed by atoms with van der Waals surface area (Å²) in [4.78, 5) is 22.3. The summed E-state index contributed by atoms with van der Waals surface area (Å²) in [5.74, 6) is -0.420. The topological polar surface area (TPSA) is 59.3 Å². The number of anilines is 1. The van der Waals surface area contributed by atoms with E-state index < -0.39 is 5.63 Å². The Morgan fingerprint density at radius 3 is 2.88 bits per heavy atom. The van der Waals surface area contributed by atoms with Crippen LogP contribution in [0, 0.1) is 6.92 Å². The van der Waals surface area contributed by atoms with E-state index in [1.807, 2.05) is 6.92 Å². The van der Waals surface area contributed by atoms with E-state index in [0.717, 1.165) is 10.9 Å². The third-order valence-corrected chi connectivity index (χ3v) is 2.60. The van der Waals surface area contributed by atoms with Crippen LogP contribution in [0.4, 0.5) is 5.69 Å². The molecular weight excluding hydrogens is 242 g/mol. The lowest BCUT2D eigenvalue weighted by atomic mass is 10.1. The number of rotatable bonds is 2. The number of nitrogens with one attached hydrogen (secondary N) is 1. The van der Waals surface area contributed by atoms with Crippen LogP contribution in [0.2, 0.25) is 0 Å². The van der Waals surface area contributed by atoms with Gasteiger partial charge in [-0.2, -0.15) is 0 Å². The Bertz CT molecular complexity index is 633. The van der Waals surface area contributed by atoms with Gasteiger partial charge in [0.15, 0.2) is 0 Å². The van der Waals surface area contributed by atoms with Crippen molar-refractivity contribution in [3.8, 4) is 0 Å². The summed E-state index contributed by atoms with van der Waals surface area (Å²) in [7, 11) is 0. The fraction of sp³-hybridized carbons (Fsp3) is 0.167. The Labute approximate surface area is 102 Å². The number of fused-ring (bicyclic) bond motifs is 1. The first-order valence-electron chi connectivity index (χ1n) is 5.00. The standard InChI is InChI=1S/C12H10ClNO3/c1-7-4-12(16)17-10-5-8(2-3-9(7)10)14-11(15)6-13/h2-5H,6H2,1H3,(H,14,15). The lowest BCUT2D eigenvalue weighted by Gasteiger charge is -2.05. The van der Waals surface area contributed by atoms with Gasteiger partial charge in [-0.15, -0.1) is 11.6 Å². The Morgan fingerprint density at radius 2 is 2.18 bits per heavy atom. The minimum absolute atomic E-state index is 0.115. The molecule has 0 radical (unpaired) electrons. The van der Waals surface area contributed by atoms with E-state index in [4.69, 9.17) is 16.0 Å². The normalized spacial score (nSPS) is 10.5. The predicted molar refractivity (Wildman–Crippen MR) is 66.6 cm³/mol. The largest absolute Gasteiger partial charge is 0.423 e. The molecule has 0 aliphatic heterocycles. The van der Waals surface area contributed by atoms with E-state index >= 15 is 0 Å². The van der Waals surface area contributed by atoms with Crippen LogP contribution in [0.25, 0.3) is 11.0 Å². The smallest absolute Gasteiger partial charge is 0.336 e. The quantitative estimate of drug-likeness (QED) is 0.658. The number of aryl methyl sites for hydroxylation is 1. The van der Waals surface area contributed by atoms with E-state index in [0.29, 0.717) is 11.3 Å². The van der Waals surface area contributed by atoms with Gasteiger partial charge in [0.05, 0.1) is 0 Å². The molecule has 1 aromatic carbocycles. The molecule has 0 saturated heterocycles. The summed E-state index contributed by atoms with van der Waals surface area (Å²) in [6.07, 6.45) is 0. The number of halogens is 1. The van der Waals surface area contributed by atoms with E-state index in [1.165, 1.54) is 6.07 Å². The van der Waals surface area contributed by atoms with Crippen LogP contribution in [0.1, 0.15) is 5.56 Å². The number of hydrogen-bond donors (Lipinski definition) is 1. The van der Waals surface area contributed by atoms with Crippen molar-refractivity contribution in [2.75, 3.05) is 11.2 Å². The van der Waals surface area contributed by atoms with E-state index in [-0.39, 0.29) is 11.8 Å². The molecule has 0 saturated carbocycles. The van der Waals surface area contributed by atoms with Crippen molar-refractivity contribution in [3.05, 3.63) is 40.2 Å². The van der Waals surface area contributed by atoms with Gasteiger partial charge in [-0.1, -0.05) is 0 Å². The van der Waals surface area contributed by atoms with Gasteiger partial charge >= 0.3 is 5.63 Å². The van der Waals surface area contributed by atoms with Crippen molar-refractivity contribution in [2.24, 2.45) is 0 Å². The molecule has 1 heterocycles. The average Bonchev–Trinajstić information content (AvgIpc) is 2.28. The Kier molecular flexibility index (Phi) is 3.15. The van der Waals surface area contributed by atoms with E-state index in [2.05, 4.69) is 5.32 Å². The zero-order chi connectivity index (χ0) is 12.4. The monoisotopic (exact) mass is 251 g/mol. The van der Waals surface area contributed by atoms with Gasteiger partial charge < -0.3 is 9.73 Å². The summed E-state index contributed by atoms with van der Waals surface area (Å²) in [6, 6.07) is 6.56. The predicted octanol–water partition coefficient (Wildman–Crippen LogP) is 2.28. The molecule has 0 atom stereocenters. The maximum Gasteiger partial charge on any atom is 0.336 e. The third-order valence-electron chi connectivity index (χ3n) is 2.36.